The van der Waals surface area contributed by atoms with E-state index in [4.69, 9.17) is 14.2 Å². The molecule has 9 heteroatoms. The largest absolute Gasteiger partial charge is 0.494 e. The number of hydrogen-bond acceptors (Lipinski definition) is 6. The Morgan fingerprint density at radius 3 is 2.27 bits per heavy atom. The summed E-state index contributed by atoms with van der Waals surface area (Å²) in [6.45, 7) is 3.81. The van der Waals surface area contributed by atoms with Crippen LogP contribution in [0, 0.1) is 5.92 Å². The molecule has 0 N–H and O–H groups in total. The van der Waals surface area contributed by atoms with Gasteiger partial charge in [-0.2, -0.15) is 4.31 Å². The highest BCUT2D eigenvalue weighted by Gasteiger charge is 2.33. The summed E-state index contributed by atoms with van der Waals surface area (Å²) < 4.78 is 43.8. The maximum absolute atomic E-state index is 13.0. The number of ether oxygens (including phenoxy) is 3. The number of likely N-dealkylation sites (N-methyl/N-ethyl adjacent to an activating group) is 1. The molecule has 1 fully saturated rings. The molecule has 33 heavy (non-hydrogen) atoms. The van der Waals surface area contributed by atoms with E-state index in [2.05, 4.69) is 0 Å². The van der Waals surface area contributed by atoms with Crippen molar-refractivity contribution < 1.29 is 27.4 Å². The number of amides is 1. The van der Waals surface area contributed by atoms with Gasteiger partial charge in [0.05, 0.1) is 25.2 Å². The van der Waals surface area contributed by atoms with E-state index in [1.54, 1.807) is 43.3 Å². The van der Waals surface area contributed by atoms with Crippen molar-refractivity contribution in [2.45, 2.75) is 24.7 Å². The normalized spacial score (nSPS) is 15.1. The molecule has 2 aromatic rings. The Morgan fingerprint density at radius 2 is 1.67 bits per heavy atom. The van der Waals surface area contributed by atoms with Crippen LogP contribution >= 0.6 is 0 Å². The lowest BCUT2D eigenvalue weighted by Gasteiger charge is -2.32. The quantitative estimate of drug-likeness (QED) is 0.524. The van der Waals surface area contributed by atoms with E-state index < -0.39 is 10.0 Å². The highest BCUT2D eigenvalue weighted by atomic mass is 32.2. The number of sulfonamides is 1. The van der Waals surface area contributed by atoms with Gasteiger partial charge < -0.3 is 19.1 Å². The van der Waals surface area contributed by atoms with E-state index in [1.807, 2.05) is 31.2 Å². The highest BCUT2D eigenvalue weighted by Crippen LogP contribution is 2.27. The first kappa shape index (κ1) is 24.9. The minimum absolute atomic E-state index is 0.0109. The molecule has 1 aliphatic rings. The first-order valence-electron chi connectivity index (χ1n) is 11.1. The average molecular weight is 477 g/mol. The van der Waals surface area contributed by atoms with Gasteiger partial charge in [0, 0.05) is 26.1 Å². The van der Waals surface area contributed by atoms with Crippen molar-refractivity contribution in [1.82, 2.24) is 9.21 Å². The maximum Gasteiger partial charge on any atom is 0.243 e. The van der Waals surface area contributed by atoms with E-state index in [1.165, 1.54) is 4.31 Å². The van der Waals surface area contributed by atoms with Crippen molar-refractivity contribution in [2.75, 3.05) is 47.0 Å². The summed E-state index contributed by atoms with van der Waals surface area (Å²) in [6.07, 6.45) is 0.986. The zero-order valence-corrected chi connectivity index (χ0v) is 20.2. The van der Waals surface area contributed by atoms with Crippen molar-refractivity contribution in [2.24, 2.45) is 5.92 Å². The first-order chi connectivity index (χ1) is 15.9. The molecular weight excluding hydrogens is 444 g/mol. The maximum atomic E-state index is 13.0. The molecule has 0 atom stereocenters. The van der Waals surface area contributed by atoms with E-state index in [0.717, 1.165) is 0 Å². The third-order valence-corrected chi connectivity index (χ3v) is 7.62. The van der Waals surface area contributed by atoms with Gasteiger partial charge in [0.15, 0.2) is 11.5 Å². The van der Waals surface area contributed by atoms with Gasteiger partial charge in [-0.3, -0.25) is 4.79 Å². The minimum atomic E-state index is -3.59. The highest BCUT2D eigenvalue weighted by molar-refractivity contribution is 7.89. The average Bonchev–Trinajstić information content (AvgIpc) is 2.84. The lowest BCUT2D eigenvalue weighted by molar-refractivity contribution is -0.135. The van der Waals surface area contributed by atoms with Gasteiger partial charge in [-0.1, -0.05) is 12.1 Å². The summed E-state index contributed by atoms with van der Waals surface area (Å²) in [5, 5.41) is 0. The summed E-state index contributed by atoms with van der Waals surface area (Å²) >= 11 is 0. The molecule has 0 aromatic heterocycles. The van der Waals surface area contributed by atoms with Crippen molar-refractivity contribution >= 4 is 15.9 Å². The lowest BCUT2D eigenvalue weighted by atomic mass is 9.97. The number of nitrogens with zero attached hydrogens (tertiary/aromatic N) is 2. The fourth-order valence-corrected chi connectivity index (χ4v) is 5.29. The Balaban J connectivity index is 1.49. The van der Waals surface area contributed by atoms with Gasteiger partial charge in [0.25, 0.3) is 0 Å². The van der Waals surface area contributed by atoms with E-state index in [-0.39, 0.29) is 16.7 Å². The first-order valence-corrected chi connectivity index (χ1v) is 12.5. The van der Waals surface area contributed by atoms with E-state index >= 15 is 0 Å². The number of hydrogen-bond donors (Lipinski definition) is 0. The van der Waals surface area contributed by atoms with Crippen LogP contribution in [0.3, 0.4) is 0 Å². The molecular formula is C24H32N2O6S. The smallest absolute Gasteiger partial charge is 0.243 e. The molecule has 0 spiro atoms. The van der Waals surface area contributed by atoms with Crippen molar-refractivity contribution in [3.8, 4) is 17.2 Å². The molecule has 8 nitrogen and oxygen atoms in total. The summed E-state index contributed by atoms with van der Waals surface area (Å²) in [7, 11) is -0.263. The minimum Gasteiger partial charge on any atom is -0.494 e. The number of carbonyl (C=O) groups is 1. The number of rotatable bonds is 10. The lowest BCUT2D eigenvalue weighted by Crippen LogP contribution is -2.44. The molecule has 180 valence electrons. The van der Waals surface area contributed by atoms with Crippen molar-refractivity contribution in [3.63, 3.8) is 0 Å². The SMILES string of the molecule is CCOc1ccc(S(=O)(=O)N2CCC(C(=O)N(C)CCOc3ccccc3OC)CC2)cc1. The number of benzene rings is 2. The molecule has 0 saturated carbocycles. The number of carbonyl (C=O) groups excluding carboxylic acids is 1. The van der Waals surface area contributed by atoms with Crippen LogP contribution in [-0.2, 0) is 14.8 Å². The Hall–Kier alpha value is -2.78. The molecule has 3 rings (SSSR count). The number of methoxy groups -OCH3 is 1. The number of piperidine rings is 1. The van der Waals surface area contributed by atoms with Crippen LogP contribution in [-0.4, -0.2) is 70.5 Å². The Labute approximate surface area is 196 Å². The molecule has 0 radical (unpaired) electrons. The molecule has 0 unspecified atom stereocenters. The van der Waals surface area contributed by atoms with Gasteiger partial charge in [-0.15, -0.1) is 0 Å². The van der Waals surface area contributed by atoms with Crippen molar-refractivity contribution in [1.29, 1.82) is 0 Å². The second-order valence-electron chi connectivity index (χ2n) is 7.84. The van der Waals surface area contributed by atoms with Gasteiger partial charge in [0.2, 0.25) is 15.9 Å². The molecule has 2 aromatic carbocycles. The Bertz CT molecular complexity index is 1020. The van der Waals surface area contributed by atoms with Gasteiger partial charge in [-0.25, -0.2) is 8.42 Å². The second-order valence-corrected chi connectivity index (χ2v) is 9.78. The summed E-state index contributed by atoms with van der Waals surface area (Å²) in [6, 6.07) is 13.8. The van der Waals surface area contributed by atoms with Crippen LogP contribution in [0.5, 0.6) is 17.2 Å². The van der Waals surface area contributed by atoms with Crippen LogP contribution in [0.2, 0.25) is 0 Å². The van der Waals surface area contributed by atoms with Crippen LogP contribution < -0.4 is 14.2 Å². The fourth-order valence-electron chi connectivity index (χ4n) is 3.82. The predicted octanol–water partition coefficient (Wildman–Crippen LogP) is 3.03. The van der Waals surface area contributed by atoms with E-state index in [9.17, 15) is 13.2 Å². The van der Waals surface area contributed by atoms with Gasteiger partial charge >= 0.3 is 0 Å². The third kappa shape index (κ3) is 6.17. The molecule has 1 aliphatic heterocycles. The molecule has 1 saturated heterocycles. The fraction of sp³-hybridized carbons (Fsp3) is 0.458. The van der Waals surface area contributed by atoms with Gasteiger partial charge in [0.1, 0.15) is 12.4 Å². The second kappa shape index (κ2) is 11.4. The monoisotopic (exact) mass is 476 g/mol. The molecule has 1 amide bonds. The molecule has 0 aliphatic carbocycles. The van der Waals surface area contributed by atoms with Crippen LogP contribution in [0.4, 0.5) is 0 Å². The summed E-state index contributed by atoms with van der Waals surface area (Å²) in [5.41, 5.74) is 0. The zero-order chi connectivity index (χ0) is 23.8. The summed E-state index contributed by atoms with van der Waals surface area (Å²) in [4.78, 5) is 14.7. The topological polar surface area (TPSA) is 85.4 Å². The standard InChI is InChI=1S/C24H32N2O6S/c1-4-31-20-9-11-21(12-10-20)33(28,29)26-15-13-19(14-16-26)24(27)25(2)17-18-32-23-8-6-5-7-22(23)30-3/h5-12,19H,4,13-18H2,1-3H3. The zero-order valence-electron chi connectivity index (χ0n) is 19.4. The Morgan fingerprint density at radius 1 is 1.03 bits per heavy atom. The molecule has 0 bridgehead atoms. The summed E-state index contributed by atoms with van der Waals surface area (Å²) in [5.74, 6) is 1.73. The van der Waals surface area contributed by atoms with Crippen LogP contribution in [0.1, 0.15) is 19.8 Å². The van der Waals surface area contributed by atoms with Crippen molar-refractivity contribution in [3.05, 3.63) is 48.5 Å². The van der Waals surface area contributed by atoms with Crippen LogP contribution in [0.25, 0.3) is 0 Å². The van der Waals surface area contributed by atoms with E-state index in [0.29, 0.717) is 62.9 Å². The van der Waals surface area contributed by atoms with Crippen LogP contribution in [0.15, 0.2) is 53.4 Å². The molecule has 1 heterocycles. The number of para-hydroxylation sites is 2. The van der Waals surface area contributed by atoms with Gasteiger partial charge in [-0.05, 0) is 56.2 Å². The Kier molecular flexibility index (Phi) is 8.57. The predicted molar refractivity (Wildman–Crippen MR) is 125 cm³/mol. The third-order valence-electron chi connectivity index (χ3n) is 5.71.